The lowest BCUT2D eigenvalue weighted by atomic mass is 9.93. The Morgan fingerprint density at radius 1 is 1.26 bits per heavy atom. The molecule has 0 bridgehead atoms. The van der Waals surface area contributed by atoms with Crippen LogP contribution in [0.2, 0.25) is 5.02 Å². The second kappa shape index (κ2) is 12.3. The number of rotatable bonds is 7. The number of carbonyl (C=O) groups is 2. The fourth-order valence-electron chi connectivity index (χ4n) is 4.31. The number of hydrogen-bond donors (Lipinski definition) is 1. The van der Waals surface area contributed by atoms with E-state index >= 15 is 0 Å². The molecule has 0 radical (unpaired) electrons. The minimum atomic E-state index is -5.06. The van der Waals surface area contributed by atoms with Gasteiger partial charge in [-0.3, -0.25) is 19.0 Å². The van der Waals surface area contributed by atoms with Gasteiger partial charge in [-0.25, -0.2) is 9.78 Å². The minimum absolute atomic E-state index is 0.000427. The van der Waals surface area contributed by atoms with Crippen LogP contribution in [0.25, 0.3) is 11.1 Å². The molecule has 1 atom stereocenters. The molecule has 218 valence electrons. The second-order valence-corrected chi connectivity index (χ2v) is 9.85. The van der Waals surface area contributed by atoms with E-state index in [1.165, 1.54) is 37.3 Å². The maximum Gasteiger partial charge on any atom is 0.437 e. The van der Waals surface area contributed by atoms with Crippen molar-refractivity contribution in [3.05, 3.63) is 105 Å². The molecule has 1 aliphatic heterocycles. The molecule has 1 unspecified atom stereocenters. The summed E-state index contributed by atoms with van der Waals surface area (Å²) in [5, 5.41) is 11.8. The van der Waals surface area contributed by atoms with Gasteiger partial charge >= 0.3 is 6.18 Å². The summed E-state index contributed by atoms with van der Waals surface area (Å²) in [5.74, 6) is -1.62. The molecular weight excluding hydrogens is 589 g/mol. The molecule has 9 nitrogen and oxygen atoms in total. The van der Waals surface area contributed by atoms with Crippen LogP contribution in [0.3, 0.4) is 0 Å². The molecule has 0 spiro atoms. The van der Waals surface area contributed by atoms with Crippen LogP contribution in [0.1, 0.15) is 29.3 Å². The number of alkyl halides is 3. The predicted molar refractivity (Wildman–Crippen MR) is 150 cm³/mol. The highest BCUT2D eigenvalue weighted by Crippen LogP contribution is 2.35. The summed E-state index contributed by atoms with van der Waals surface area (Å²) in [5.41, 5.74) is -1.87. The predicted octanol–water partition coefficient (Wildman–Crippen LogP) is 4.77. The van der Waals surface area contributed by atoms with Gasteiger partial charge < -0.3 is 10.1 Å². The number of nitrogens with zero attached hydrogens (tertiary/aromatic N) is 3. The average molecular weight is 609 g/mol. The van der Waals surface area contributed by atoms with E-state index in [1.54, 1.807) is 18.1 Å². The Balaban J connectivity index is 1.78. The molecule has 0 saturated carbocycles. The Labute approximate surface area is 247 Å². The van der Waals surface area contributed by atoms with Crippen molar-refractivity contribution in [2.75, 3.05) is 6.54 Å². The third kappa shape index (κ3) is 6.81. The highest BCUT2D eigenvalue weighted by molar-refractivity contribution is 6.30. The summed E-state index contributed by atoms with van der Waals surface area (Å²) in [6.07, 6.45) is -2.85. The molecule has 4 rings (SSSR count). The summed E-state index contributed by atoms with van der Waals surface area (Å²) in [4.78, 5) is 53.0. The average Bonchev–Trinajstić information content (AvgIpc) is 3.08. The van der Waals surface area contributed by atoms with Crippen LogP contribution in [0, 0.1) is 17.2 Å². The van der Waals surface area contributed by atoms with E-state index in [9.17, 15) is 32.3 Å². The van der Waals surface area contributed by atoms with Gasteiger partial charge in [-0.2, -0.15) is 18.4 Å². The van der Waals surface area contributed by atoms with Crippen molar-refractivity contribution >= 4 is 40.4 Å². The Bertz CT molecular complexity index is 1850. The Morgan fingerprint density at radius 3 is 2.65 bits per heavy atom. The number of nitrogens with one attached hydrogen (secondary N) is 1. The monoisotopic (exact) mass is 608 g/mol. The first-order valence-corrected chi connectivity index (χ1v) is 12.8. The first-order valence-electron chi connectivity index (χ1n) is 12.4. The number of halogens is 4. The highest BCUT2D eigenvalue weighted by Gasteiger charge is 2.39. The largest absolute Gasteiger partial charge is 0.449 e. The van der Waals surface area contributed by atoms with Gasteiger partial charge in [0, 0.05) is 29.6 Å². The zero-order chi connectivity index (χ0) is 31.5. The van der Waals surface area contributed by atoms with Gasteiger partial charge in [0.05, 0.1) is 18.0 Å². The molecule has 13 heteroatoms. The van der Waals surface area contributed by atoms with Crippen molar-refractivity contribution in [2.45, 2.75) is 19.6 Å². The van der Waals surface area contributed by atoms with E-state index in [2.05, 4.69) is 16.9 Å². The maximum absolute atomic E-state index is 13.8. The third-order valence-electron chi connectivity index (χ3n) is 6.41. The standard InChI is InChI=1S/C30H20ClF3N4O5/c1-16-12-36-28(41)24(19-4-3-5-20(8-19)25(14-39)17(2)40)9-21(16)13-38-15-37-27(30(32,33)34)26(29(38)42)43-23-7-18(11-35)6-22(31)10-23/h3-10,15,21H,1,12-13H2,2H3,(H,36,41). The van der Waals surface area contributed by atoms with E-state index in [-0.39, 0.29) is 46.1 Å². The fourth-order valence-corrected chi connectivity index (χ4v) is 4.54. The van der Waals surface area contributed by atoms with Crippen molar-refractivity contribution in [3.63, 3.8) is 0 Å². The van der Waals surface area contributed by atoms with Gasteiger partial charge in [0.25, 0.3) is 11.5 Å². The van der Waals surface area contributed by atoms with Gasteiger partial charge in [0.15, 0.2) is 11.5 Å². The van der Waals surface area contributed by atoms with E-state index < -0.39 is 40.8 Å². The molecular formula is C30H20ClF3N4O5. The quantitative estimate of drug-likeness (QED) is 0.232. The molecule has 3 aromatic rings. The van der Waals surface area contributed by atoms with E-state index in [0.717, 1.165) is 16.7 Å². The van der Waals surface area contributed by atoms with Crippen molar-refractivity contribution in [1.29, 1.82) is 5.26 Å². The van der Waals surface area contributed by atoms with Crippen molar-refractivity contribution in [3.8, 4) is 17.6 Å². The van der Waals surface area contributed by atoms with Crippen molar-refractivity contribution in [2.24, 2.45) is 5.92 Å². The Kier molecular flexibility index (Phi) is 8.80. The molecule has 0 fully saturated rings. The number of hydrogen-bond acceptors (Lipinski definition) is 7. The normalized spacial score (nSPS) is 15.0. The number of nitriles is 1. The van der Waals surface area contributed by atoms with Crippen molar-refractivity contribution in [1.82, 2.24) is 14.9 Å². The molecule has 43 heavy (non-hydrogen) atoms. The van der Waals surface area contributed by atoms with Gasteiger partial charge in [0.2, 0.25) is 5.75 Å². The van der Waals surface area contributed by atoms with E-state index in [0.29, 0.717) is 17.5 Å². The second-order valence-electron chi connectivity index (χ2n) is 9.41. The number of amides is 1. The minimum Gasteiger partial charge on any atom is -0.449 e. The topological polar surface area (TPSA) is 131 Å². The Morgan fingerprint density at radius 2 is 2.00 bits per heavy atom. The first-order chi connectivity index (χ1) is 20.3. The zero-order valence-corrected chi connectivity index (χ0v) is 23.0. The van der Waals surface area contributed by atoms with E-state index in [1.807, 2.05) is 0 Å². The molecule has 1 aromatic heterocycles. The van der Waals surface area contributed by atoms with Gasteiger partial charge in [-0.15, -0.1) is 0 Å². The number of allylic oxidation sites excluding steroid dienone is 2. The number of benzene rings is 2. The molecule has 1 N–H and O–H groups in total. The lowest BCUT2D eigenvalue weighted by Crippen LogP contribution is -2.29. The summed E-state index contributed by atoms with van der Waals surface area (Å²) in [6.45, 7) is 4.87. The van der Waals surface area contributed by atoms with Crippen LogP contribution in [0.15, 0.2) is 71.8 Å². The smallest absolute Gasteiger partial charge is 0.437 e. The van der Waals surface area contributed by atoms with Gasteiger partial charge in [0.1, 0.15) is 17.3 Å². The summed E-state index contributed by atoms with van der Waals surface area (Å²) in [7, 11) is 0. The number of ether oxygens (including phenoxy) is 1. The van der Waals surface area contributed by atoms with Crippen LogP contribution in [0.5, 0.6) is 11.5 Å². The summed E-state index contributed by atoms with van der Waals surface area (Å²) in [6, 6.07) is 11.4. The highest BCUT2D eigenvalue weighted by atomic mass is 35.5. The van der Waals surface area contributed by atoms with Crippen LogP contribution < -0.4 is 15.6 Å². The van der Waals surface area contributed by atoms with Crippen LogP contribution in [0.4, 0.5) is 13.2 Å². The molecule has 2 aromatic carbocycles. The lowest BCUT2D eigenvalue weighted by molar-refractivity contribution is -0.142. The number of Topliss-reactive ketones (excluding diaryl/α,β-unsaturated/α-hetero) is 1. The number of carbonyl (C=O) groups excluding carboxylic acids is 3. The number of aromatic nitrogens is 2. The first kappa shape index (κ1) is 30.7. The summed E-state index contributed by atoms with van der Waals surface area (Å²) >= 11 is 5.94. The van der Waals surface area contributed by atoms with Gasteiger partial charge in [-0.1, -0.05) is 42.5 Å². The Hall–Kier alpha value is -5.24. The zero-order valence-electron chi connectivity index (χ0n) is 22.3. The SMILES string of the molecule is C=C1CNC(=O)C(c2cccc(C(=C=O)C(C)=O)c2)=CC1Cn1cnc(C(F)(F)F)c(Oc2cc(Cl)cc(C#N)c2)c1=O. The molecule has 0 aliphatic carbocycles. The lowest BCUT2D eigenvalue weighted by Gasteiger charge is -2.18. The van der Waals surface area contributed by atoms with Gasteiger partial charge in [-0.05, 0) is 47.9 Å². The summed E-state index contributed by atoms with van der Waals surface area (Å²) < 4.78 is 47.7. The fraction of sp³-hybridized carbons (Fsp3) is 0.167. The molecule has 1 amide bonds. The van der Waals surface area contributed by atoms with Crippen LogP contribution >= 0.6 is 11.6 Å². The molecule has 1 aliphatic rings. The molecule has 2 heterocycles. The molecule has 0 saturated heterocycles. The number of ketones is 1. The van der Waals surface area contributed by atoms with E-state index in [4.69, 9.17) is 21.6 Å². The third-order valence-corrected chi connectivity index (χ3v) is 6.63. The van der Waals surface area contributed by atoms with Crippen molar-refractivity contribution < 1.29 is 32.3 Å². The van der Waals surface area contributed by atoms with Crippen LogP contribution in [-0.2, 0) is 27.1 Å². The maximum atomic E-state index is 13.8. The van der Waals surface area contributed by atoms with Crippen LogP contribution in [-0.4, -0.2) is 33.7 Å².